The Morgan fingerprint density at radius 3 is 2.09 bits per heavy atom. The van der Waals surface area contributed by atoms with Gasteiger partial charge in [-0.15, -0.1) is 0 Å². The van der Waals surface area contributed by atoms with Crippen LogP contribution in [0.25, 0.3) is 0 Å². The smallest absolute Gasteiger partial charge is 0.341 e. The monoisotopic (exact) mass is 320 g/mol. The van der Waals surface area contributed by atoms with Gasteiger partial charge in [0, 0.05) is 0 Å². The van der Waals surface area contributed by atoms with Crippen LogP contribution in [-0.4, -0.2) is 20.2 Å². The summed E-state index contributed by atoms with van der Waals surface area (Å²) in [7, 11) is 3.00. The van der Waals surface area contributed by atoms with Crippen LogP contribution < -0.4 is 4.74 Å². The lowest BCUT2D eigenvalue weighted by atomic mass is 9.99. The fraction of sp³-hybridized carbons (Fsp3) is 0.650. The molecule has 0 bridgehead atoms. The summed E-state index contributed by atoms with van der Waals surface area (Å²) in [6, 6.07) is 5.75. The standard InChI is InChI=1S/C20H32O3/c1-4-5-6-7-8-9-10-11-12-14-17-15-13-16-18(22-2)19(17)20(21)23-3/h13,15-16H,4-12,14H2,1-3H3. The summed E-state index contributed by atoms with van der Waals surface area (Å²) in [6.07, 6.45) is 12.6. The second-order valence-electron chi connectivity index (χ2n) is 6.06. The van der Waals surface area contributed by atoms with Crippen LogP contribution in [0.1, 0.15) is 80.6 Å². The average Bonchev–Trinajstić information content (AvgIpc) is 2.59. The zero-order chi connectivity index (χ0) is 16.9. The second kappa shape index (κ2) is 12.0. The Bertz CT molecular complexity index is 454. The number of rotatable bonds is 12. The van der Waals surface area contributed by atoms with Gasteiger partial charge in [-0.1, -0.05) is 70.4 Å². The van der Waals surface area contributed by atoms with Crippen molar-refractivity contribution in [1.82, 2.24) is 0 Å². The van der Waals surface area contributed by atoms with Crippen LogP contribution in [0.5, 0.6) is 5.75 Å². The summed E-state index contributed by atoms with van der Waals surface area (Å²) in [5, 5.41) is 0. The quantitative estimate of drug-likeness (QED) is 0.374. The van der Waals surface area contributed by atoms with Crippen molar-refractivity contribution in [2.24, 2.45) is 0 Å². The van der Waals surface area contributed by atoms with Crippen LogP contribution in [0.3, 0.4) is 0 Å². The first-order valence-corrected chi connectivity index (χ1v) is 8.98. The van der Waals surface area contributed by atoms with Gasteiger partial charge in [0.2, 0.25) is 0 Å². The van der Waals surface area contributed by atoms with Gasteiger partial charge in [-0.05, 0) is 24.5 Å². The van der Waals surface area contributed by atoms with E-state index in [0.29, 0.717) is 11.3 Å². The molecule has 0 aliphatic rings. The summed E-state index contributed by atoms with van der Waals surface area (Å²) in [5.74, 6) is 0.290. The molecule has 0 aromatic heterocycles. The number of methoxy groups -OCH3 is 2. The molecule has 0 saturated carbocycles. The zero-order valence-electron chi connectivity index (χ0n) is 15.0. The molecule has 0 radical (unpaired) electrons. The van der Waals surface area contributed by atoms with E-state index in [4.69, 9.17) is 9.47 Å². The average molecular weight is 320 g/mol. The number of ether oxygens (including phenoxy) is 2. The van der Waals surface area contributed by atoms with Crippen LogP contribution >= 0.6 is 0 Å². The Kier molecular flexibility index (Phi) is 10.2. The van der Waals surface area contributed by atoms with Crippen LogP contribution in [0.4, 0.5) is 0 Å². The molecule has 1 rings (SSSR count). The molecule has 0 spiro atoms. The minimum Gasteiger partial charge on any atom is -0.496 e. The largest absolute Gasteiger partial charge is 0.496 e. The van der Waals surface area contributed by atoms with Crippen LogP contribution in [-0.2, 0) is 11.2 Å². The number of carbonyl (C=O) groups is 1. The van der Waals surface area contributed by atoms with E-state index in [1.165, 1.54) is 58.5 Å². The van der Waals surface area contributed by atoms with Crippen LogP contribution in [0.15, 0.2) is 18.2 Å². The first-order valence-electron chi connectivity index (χ1n) is 8.98. The van der Waals surface area contributed by atoms with E-state index in [9.17, 15) is 4.79 Å². The van der Waals surface area contributed by atoms with E-state index >= 15 is 0 Å². The van der Waals surface area contributed by atoms with Crippen molar-refractivity contribution >= 4 is 5.97 Å². The predicted molar refractivity (Wildman–Crippen MR) is 95.3 cm³/mol. The molecule has 23 heavy (non-hydrogen) atoms. The molecule has 1 aromatic carbocycles. The molecule has 0 aliphatic carbocycles. The van der Waals surface area contributed by atoms with Gasteiger partial charge < -0.3 is 9.47 Å². The highest BCUT2D eigenvalue weighted by Crippen LogP contribution is 2.25. The van der Waals surface area contributed by atoms with Gasteiger partial charge in [-0.2, -0.15) is 0 Å². The van der Waals surface area contributed by atoms with Gasteiger partial charge in [0.15, 0.2) is 0 Å². The lowest BCUT2D eigenvalue weighted by Crippen LogP contribution is -2.08. The molecule has 3 nitrogen and oxygen atoms in total. The molecule has 0 aliphatic heterocycles. The molecule has 0 atom stereocenters. The lowest BCUT2D eigenvalue weighted by molar-refractivity contribution is 0.0595. The third kappa shape index (κ3) is 7.06. The molecule has 0 fully saturated rings. The maximum Gasteiger partial charge on any atom is 0.341 e. The molecule has 3 heteroatoms. The van der Waals surface area contributed by atoms with E-state index in [2.05, 4.69) is 6.92 Å². The third-order valence-electron chi connectivity index (χ3n) is 4.27. The van der Waals surface area contributed by atoms with E-state index < -0.39 is 0 Å². The lowest BCUT2D eigenvalue weighted by Gasteiger charge is -2.12. The molecular weight excluding hydrogens is 288 g/mol. The van der Waals surface area contributed by atoms with Crippen molar-refractivity contribution in [2.45, 2.75) is 71.1 Å². The fourth-order valence-electron chi connectivity index (χ4n) is 2.91. The molecular formula is C20H32O3. The Balaban J connectivity index is 2.36. The van der Waals surface area contributed by atoms with Crippen molar-refractivity contribution in [1.29, 1.82) is 0 Å². The number of carbonyl (C=O) groups excluding carboxylic acids is 1. The van der Waals surface area contributed by atoms with Crippen molar-refractivity contribution in [3.8, 4) is 5.75 Å². The first kappa shape index (κ1) is 19.5. The van der Waals surface area contributed by atoms with E-state index in [1.54, 1.807) is 7.11 Å². The van der Waals surface area contributed by atoms with Crippen LogP contribution in [0.2, 0.25) is 0 Å². The topological polar surface area (TPSA) is 35.5 Å². The minimum atomic E-state index is -0.312. The van der Waals surface area contributed by atoms with Crippen molar-refractivity contribution in [2.75, 3.05) is 14.2 Å². The van der Waals surface area contributed by atoms with E-state index in [1.807, 2.05) is 18.2 Å². The SMILES string of the molecule is CCCCCCCCCCCc1cccc(OC)c1C(=O)OC. The molecule has 130 valence electrons. The zero-order valence-corrected chi connectivity index (χ0v) is 15.0. The van der Waals surface area contributed by atoms with Gasteiger partial charge in [-0.3, -0.25) is 0 Å². The minimum absolute atomic E-state index is 0.312. The normalized spacial score (nSPS) is 10.6. The number of aryl methyl sites for hydroxylation is 1. The van der Waals surface area contributed by atoms with Gasteiger partial charge >= 0.3 is 5.97 Å². The Morgan fingerprint density at radius 1 is 0.913 bits per heavy atom. The predicted octanol–water partition coefficient (Wildman–Crippen LogP) is 5.56. The second-order valence-corrected chi connectivity index (χ2v) is 6.06. The van der Waals surface area contributed by atoms with Crippen molar-refractivity contribution in [3.05, 3.63) is 29.3 Å². The number of unbranched alkanes of at least 4 members (excludes halogenated alkanes) is 8. The summed E-state index contributed by atoms with van der Waals surface area (Å²) in [5.41, 5.74) is 1.61. The van der Waals surface area contributed by atoms with Crippen molar-refractivity contribution < 1.29 is 14.3 Å². The maximum absolute atomic E-state index is 12.0. The van der Waals surface area contributed by atoms with Gasteiger partial charge in [-0.25, -0.2) is 4.79 Å². The molecule has 0 N–H and O–H groups in total. The van der Waals surface area contributed by atoms with Crippen molar-refractivity contribution in [3.63, 3.8) is 0 Å². The van der Waals surface area contributed by atoms with Crippen LogP contribution in [0, 0.1) is 0 Å². The Morgan fingerprint density at radius 2 is 1.52 bits per heavy atom. The van der Waals surface area contributed by atoms with E-state index in [-0.39, 0.29) is 5.97 Å². The number of esters is 1. The Hall–Kier alpha value is -1.51. The molecule has 0 heterocycles. The highest BCUT2D eigenvalue weighted by atomic mass is 16.5. The van der Waals surface area contributed by atoms with Gasteiger partial charge in [0.1, 0.15) is 11.3 Å². The molecule has 1 aromatic rings. The summed E-state index contributed by atoms with van der Waals surface area (Å²) < 4.78 is 10.2. The maximum atomic E-state index is 12.0. The van der Waals surface area contributed by atoms with E-state index in [0.717, 1.165) is 18.4 Å². The first-order chi connectivity index (χ1) is 11.2. The van der Waals surface area contributed by atoms with Gasteiger partial charge in [0.25, 0.3) is 0 Å². The molecule has 0 unspecified atom stereocenters. The number of hydrogen-bond donors (Lipinski definition) is 0. The number of benzene rings is 1. The number of hydrogen-bond acceptors (Lipinski definition) is 3. The highest BCUT2D eigenvalue weighted by molar-refractivity contribution is 5.94. The summed E-state index contributed by atoms with van der Waals surface area (Å²) in [6.45, 7) is 2.25. The molecule has 0 saturated heterocycles. The third-order valence-corrected chi connectivity index (χ3v) is 4.27. The highest BCUT2D eigenvalue weighted by Gasteiger charge is 2.17. The summed E-state index contributed by atoms with van der Waals surface area (Å²) in [4.78, 5) is 12.0. The van der Waals surface area contributed by atoms with Gasteiger partial charge in [0.05, 0.1) is 14.2 Å². The Labute approximate surface area is 141 Å². The fourth-order valence-corrected chi connectivity index (χ4v) is 2.91. The molecule has 0 amide bonds. The summed E-state index contributed by atoms with van der Waals surface area (Å²) >= 11 is 0.